The second kappa shape index (κ2) is 7.58. The van der Waals surface area contributed by atoms with Crippen molar-refractivity contribution < 1.29 is 4.79 Å². The van der Waals surface area contributed by atoms with Crippen LogP contribution >= 0.6 is 11.6 Å². The van der Waals surface area contributed by atoms with E-state index >= 15 is 0 Å². The smallest absolute Gasteiger partial charge is 0.223 e. The van der Waals surface area contributed by atoms with Crippen LogP contribution in [0.2, 0.25) is 5.02 Å². The van der Waals surface area contributed by atoms with Crippen molar-refractivity contribution in [3.63, 3.8) is 0 Å². The van der Waals surface area contributed by atoms with Crippen molar-refractivity contribution in [2.75, 3.05) is 18.4 Å². The molecule has 0 bridgehead atoms. The number of carbonyl (C=O) groups is 1. The maximum atomic E-state index is 12.2. The highest BCUT2D eigenvalue weighted by Crippen LogP contribution is 2.34. The fourth-order valence-corrected chi connectivity index (χ4v) is 3.56. The number of rotatable bonds is 5. The molecule has 1 fully saturated rings. The summed E-state index contributed by atoms with van der Waals surface area (Å²) in [6.07, 6.45) is 0.532. The van der Waals surface area contributed by atoms with Crippen LogP contribution in [0.4, 0.5) is 5.69 Å². The van der Waals surface area contributed by atoms with E-state index in [1.807, 2.05) is 36.1 Å². The maximum absolute atomic E-state index is 12.2. The van der Waals surface area contributed by atoms with Crippen molar-refractivity contribution in [1.82, 2.24) is 4.90 Å². The molecular weight excluding hydrogens is 334 g/mol. The number of hydrogen-bond acceptors (Lipinski definition) is 3. The molecule has 1 amide bonds. The molecule has 1 aliphatic heterocycles. The van der Waals surface area contributed by atoms with Gasteiger partial charge in [0, 0.05) is 31.1 Å². The predicted molar refractivity (Wildman–Crippen MR) is 99.3 cm³/mol. The number of nitrogens with zero attached hydrogens (tertiary/aromatic N) is 2. The topological polar surface area (TPSA) is 56.1 Å². The standard InChI is InChI=1S/C20H20ClN3O/c1-2-24-13-16(10-19(24)25)20(14-6-4-3-5-7-14)23-17-9-8-15(12-22)18(21)11-17/h3-9,11,16,20,23H,2,10,13H2,1H3/t16-,20?/m0/s1. The number of nitriles is 1. The van der Waals surface area contributed by atoms with Crippen LogP contribution in [0.25, 0.3) is 0 Å². The van der Waals surface area contributed by atoms with Gasteiger partial charge in [0.2, 0.25) is 5.91 Å². The molecule has 0 radical (unpaired) electrons. The molecule has 3 rings (SSSR count). The van der Waals surface area contributed by atoms with Crippen molar-refractivity contribution in [1.29, 1.82) is 5.26 Å². The molecule has 2 atom stereocenters. The second-order valence-corrected chi connectivity index (χ2v) is 6.64. The zero-order chi connectivity index (χ0) is 17.8. The number of carbonyl (C=O) groups excluding carboxylic acids is 1. The van der Waals surface area contributed by atoms with Gasteiger partial charge in [0.05, 0.1) is 16.6 Å². The molecule has 128 valence electrons. The summed E-state index contributed by atoms with van der Waals surface area (Å²) >= 11 is 6.16. The number of halogens is 1. The molecule has 2 aromatic rings. The minimum absolute atomic E-state index is 0.00528. The minimum atomic E-state index is 0.00528. The van der Waals surface area contributed by atoms with E-state index in [0.717, 1.165) is 24.3 Å². The molecule has 0 aromatic heterocycles. The lowest BCUT2D eigenvalue weighted by Gasteiger charge is -2.26. The van der Waals surface area contributed by atoms with Gasteiger partial charge in [-0.15, -0.1) is 0 Å². The van der Waals surface area contributed by atoms with Crippen LogP contribution in [0, 0.1) is 17.2 Å². The van der Waals surface area contributed by atoms with Crippen molar-refractivity contribution in [2.24, 2.45) is 5.92 Å². The van der Waals surface area contributed by atoms with Crippen LogP contribution < -0.4 is 5.32 Å². The highest BCUT2D eigenvalue weighted by molar-refractivity contribution is 6.32. The molecule has 4 nitrogen and oxygen atoms in total. The fraction of sp³-hybridized carbons (Fsp3) is 0.300. The van der Waals surface area contributed by atoms with E-state index in [9.17, 15) is 4.79 Å². The Morgan fingerprint density at radius 2 is 2.08 bits per heavy atom. The largest absolute Gasteiger partial charge is 0.378 e. The minimum Gasteiger partial charge on any atom is -0.378 e. The van der Waals surface area contributed by atoms with Gasteiger partial charge in [-0.3, -0.25) is 4.79 Å². The Morgan fingerprint density at radius 3 is 2.68 bits per heavy atom. The summed E-state index contributed by atoms with van der Waals surface area (Å²) in [4.78, 5) is 14.1. The summed E-state index contributed by atoms with van der Waals surface area (Å²) in [7, 11) is 0. The third-order valence-electron chi connectivity index (χ3n) is 4.67. The Labute approximate surface area is 153 Å². The number of benzene rings is 2. The maximum Gasteiger partial charge on any atom is 0.223 e. The summed E-state index contributed by atoms with van der Waals surface area (Å²) in [5.74, 6) is 0.386. The molecular formula is C20H20ClN3O. The number of anilines is 1. The average molecular weight is 354 g/mol. The SMILES string of the molecule is CCN1C[C@@H](C(Nc2ccc(C#N)c(Cl)c2)c2ccccc2)CC1=O. The summed E-state index contributed by atoms with van der Waals surface area (Å²) in [6.45, 7) is 3.48. The Kier molecular flexibility index (Phi) is 5.25. The quantitative estimate of drug-likeness (QED) is 0.874. The molecule has 1 aliphatic rings. The normalized spacial score (nSPS) is 18.0. The first kappa shape index (κ1) is 17.3. The van der Waals surface area contributed by atoms with Gasteiger partial charge >= 0.3 is 0 Å². The molecule has 2 aromatic carbocycles. The van der Waals surface area contributed by atoms with Crippen molar-refractivity contribution in [2.45, 2.75) is 19.4 Å². The molecule has 1 unspecified atom stereocenters. The highest BCUT2D eigenvalue weighted by Gasteiger charge is 2.34. The van der Waals surface area contributed by atoms with E-state index in [-0.39, 0.29) is 17.9 Å². The molecule has 5 heteroatoms. The third kappa shape index (κ3) is 3.78. The third-order valence-corrected chi connectivity index (χ3v) is 4.98. The van der Waals surface area contributed by atoms with Gasteiger partial charge in [0.25, 0.3) is 0 Å². The number of amides is 1. The highest BCUT2D eigenvalue weighted by atomic mass is 35.5. The first-order valence-electron chi connectivity index (χ1n) is 8.41. The van der Waals surface area contributed by atoms with Crippen LogP contribution in [0.5, 0.6) is 0 Å². The lowest BCUT2D eigenvalue weighted by molar-refractivity contribution is -0.127. The van der Waals surface area contributed by atoms with Gasteiger partial charge in [0.15, 0.2) is 0 Å². The fourth-order valence-electron chi connectivity index (χ4n) is 3.34. The summed E-state index contributed by atoms with van der Waals surface area (Å²) < 4.78 is 0. The second-order valence-electron chi connectivity index (χ2n) is 6.24. The molecule has 0 aliphatic carbocycles. The summed E-state index contributed by atoms with van der Waals surface area (Å²) in [5.41, 5.74) is 2.44. The Hall–Kier alpha value is -2.51. The van der Waals surface area contributed by atoms with Crippen LogP contribution in [-0.2, 0) is 4.79 Å². The van der Waals surface area contributed by atoms with Crippen LogP contribution in [0.3, 0.4) is 0 Å². The number of likely N-dealkylation sites (tertiary alicyclic amines) is 1. The van der Waals surface area contributed by atoms with E-state index in [1.165, 1.54) is 0 Å². The van der Waals surface area contributed by atoms with Gasteiger partial charge in [-0.05, 0) is 30.7 Å². The Bertz CT molecular complexity index is 800. The first-order valence-corrected chi connectivity index (χ1v) is 8.79. The van der Waals surface area contributed by atoms with E-state index in [1.54, 1.807) is 12.1 Å². The van der Waals surface area contributed by atoms with Crippen molar-refractivity contribution >= 4 is 23.2 Å². The van der Waals surface area contributed by atoms with Crippen LogP contribution in [0.1, 0.15) is 30.5 Å². The monoisotopic (exact) mass is 353 g/mol. The lowest BCUT2D eigenvalue weighted by atomic mass is 9.91. The van der Waals surface area contributed by atoms with E-state index in [0.29, 0.717) is 17.0 Å². The Balaban J connectivity index is 1.89. The first-order chi connectivity index (χ1) is 12.1. The summed E-state index contributed by atoms with van der Waals surface area (Å²) in [6, 6.07) is 17.5. The van der Waals surface area contributed by atoms with Gasteiger partial charge in [-0.2, -0.15) is 5.26 Å². The molecule has 0 saturated carbocycles. The Morgan fingerprint density at radius 1 is 1.32 bits per heavy atom. The van der Waals surface area contributed by atoms with E-state index in [2.05, 4.69) is 23.5 Å². The van der Waals surface area contributed by atoms with Gasteiger partial charge in [0.1, 0.15) is 6.07 Å². The number of hydrogen-bond donors (Lipinski definition) is 1. The zero-order valence-corrected chi connectivity index (χ0v) is 14.8. The van der Waals surface area contributed by atoms with Crippen molar-refractivity contribution in [3.8, 4) is 6.07 Å². The van der Waals surface area contributed by atoms with E-state index in [4.69, 9.17) is 16.9 Å². The van der Waals surface area contributed by atoms with Gasteiger partial charge < -0.3 is 10.2 Å². The van der Waals surface area contributed by atoms with E-state index < -0.39 is 0 Å². The zero-order valence-electron chi connectivity index (χ0n) is 14.1. The molecule has 0 spiro atoms. The van der Waals surface area contributed by atoms with Crippen LogP contribution in [-0.4, -0.2) is 23.9 Å². The van der Waals surface area contributed by atoms with Gasteiger partial charge in [-0.1, -0.05) is 41.9 Å². The number of nitrogens with one attached hydrogen (secondary N) is 1. The van der Waals surface area contributed by atoms with Gasteiger partial charge in [-0.25, -0.2) is 0 Å². The molecule has 1 saturated heterocycles. The lowest BCUT2D eigenvalue weighted by Crippen LogP contribution is -2.27. The molecule has 1 heterocycles. The van der Waals surface area contributed by atoms with Crippen molar-refractivity contribution in [3.05, 3.63) is 64.7 Å². The van der Waals surface area contributed by atoms with Crippen LogP contribution in [0.15, 0.2) is 48.5 Å². The average Bonchev–Trinajstić information content (AvgIpc) is 3.01. The summed E-state index contributed by atoms with van der Waals surface area (Å²) in [5, 5.41) is 13.0. The molecule has 25 heavy (non-hydrogen) atoms. The molecule has 1 N–H and O–H groups in total. The predicted octanol–water partition coefficient (Wildman–Crippen LogP) is 4.23.